The van der Waals surface area contributed by atoms with Crippen LogP contribution in [0.2, 0.25) is 10.0 Å². The number of aromatic nitrogens is 3. The molecule has 2 heterocycles. The molecular weight excluding hydrogens is 411 g/mol. The molecule has 0 radical (unpaired) electrons. The molecule has 2 aromatic carbocycles. The van der Waals surface area contributed by atoms with Crippen LogP contribution in [-0.4, -0.2) is 20.7 Å². The lowest BCUT2D eigenvalue weighted by Crippen LogP contribution is -2.12. The Balaban J connectivity index is 1.53. The van der Waals surface area contributed by atoms with Crippen LogP contribution in [0.15, 0.2) is 79.3 Å². The Labute approximate surface area is 176 Å². The summed E-state index contributed by atoms with van der Waals surface area (Å²) in [6.45, 7) is 0. The van der Waals surface area contributed by atoms with Gasteiger partial charge < -0.3 is 10.1 Å². The molecule has 29 heavy (non-hydrogen) atoms. The van der Waals surface area contributed by atoms with Crippen molar-refractivity contribution in [1.82, 2.24) is 14.8 Å². The second-order valence-electron chi connectivity index (χ2n) is 5.99. The highest BCUT2D eigenvalue weighted by Crippen LogP contribution is 2.33. The summed E-state index contributed by atoms with van der Waals surface area (Å²) in [7, 11) is 0. The zero-order valence-corrected chi connectivity index (χ0v) is 16.4. The van der Waals surface area contributed by atoms with Gasteiger partial charge in [-0.05, 0) is 48.5 Å². The first-order chi connectivity index (χ1) is 14.1. The van der Waals surface area contributed by atoms with Gasteiger partial charge in [0.05, 0.1) is 16.4 Å². The van der Waals surface area contributed by atoms with E-state index < -0.39 is 0 Å². The summed E-state index contributed by atoms with van der Waals surface area (Å²) >= 11 is 12.0. The molecule has 0 fully saturated rings. The van der Waals surface area contributed by atoms with Crippen LogP contribution in [0.3, 0.4) is 0 Å². The maximum Gasteiger partial charge on any atom is 0.255 e. The second-order valence-corrected chi connectivity index (χ2v) is 6.83. The van der Waals surface area contributed by atoms with Crippen LogP contribution >= 0.6 is 23.2 Å². The van der Waals surface area contributed by atoms with Crippen LogP contribution in [0, 0.1) is 0 Å². The largest absolute Gasteiger partial charge is 0.435 e. The molecule has 0 saturated heterocycles. The number of halogens is 2. The minimum atomic E-state index is -0.275. The average molecular weight is 425 g/mol. The van der Waals surface area contributed by atoms with E-state index in [0.717, 1.165) is 5.69 Å². The summed E-state index contributed by atoms with van der Waals surface area (Å²) in [4.78, 5) is 16.8. The number of ether oxygens (including phenoxy) is 1. The third-order valence-corrected chi connectivity index (χ3v) is 4.49. The molecular formula is C21H14Cl2N4O2. The Bertz CT molecular complexity index is 1150. The summed E-state index contributed by atoms with van der Waals surface area (Å²) < 4.78 is 7.49. The monoisotopic (exact) mass is 424 g/mol. The van der Waals surface area contributed by atoms with Gasteiger partial charge in [-0.3, -0.25) is 4.79 Å². The molecule has 0 saturated carbocycles. The van der Waals surface area contributed by atoms with Crippen molar-refractivity contribution in [2.24, 2.45) is 0 Å². The number of benzene rings is 2. The maximum absolute atomic E-state index is 12.7. The Morgan fingerprint density at radius 2 is 1.83 bits per heavy atom. The van der Waals surface area contributed by atoms with Crippen molar-refractivity contribution in [3.05, 3.63) is 94.9 Å². The topological polar surface area (TPSA) is 69.0 Å². The van der Waals surface area contributed by atoms with Gasteiger partial charge in [0, 0.05) is 24.2 Å². The predicted octanol–water partition coefficient (Wildman–Crippen LogP) is 5.62. The number of pyridine rings is 1. The Kier molecular flexibility index (Phi) is 5.46. The quantitative estimate of drug-likeness (QED) is 0.451. The van der Waals surface area contributed by atoms with Crippen molar-refractivity contribution in [2.75, 3.05) is 5.32 Å². The van der Waals surface area contributed by atoms with Crippen LogP contribution in [0.4, 0.5) is 5.69 Å². The smallest absolute Gasteiger partial charge is 0.255 e. The zero-order chi connectivity index (χ0) is 20.2. The van der Waals surface area contributed by atoms with E-state index in [0.29, 0.717) is 22.0 Å². The van der Waals surface area contributed by atoms with Crippen molar-refractivity contribution in [3.63, 3.8) is 0 Å². The first-order valence-electron chi connectivity index (χ1n) is 8.59. The molecule has 0 aliphatic heterocycles. The van der Waals surface area contributed by atoms with E-state index in [2.05, 4.69) is 15.4 Å². The fourth-order valence-corrected chi connectivity index (χ4v) is 3.04. The van der Waals surface area contributed by atoms with Gasteiger partial charge in [0.15, 0.2) is 5.75 Å². The third kappa shape index (κ3) is 4.39. The number of nitrogens with zero attached hydrogens (tertiary/aromatic N) is 3. The van der Waals surface area contributed by atoms with Gasteiger partial charge in [-0.1, -0.05) is 35.3 Å². The average Bonchev–Trinajstić information content (AvgIpc) is 3.26. The van der Waals surface area contributed by atoms with Crippen LogP contribution < -0.4 is 10.1 Å². The molecule has 2 aromatic heterocycles. The van der Waals surface area contributed by atoms with Crippen molar-refractivity contribution < 1.29 is 9.53 Å². The summed E-state index contributed by atoms with van der Waals surface area (Å²) in [6.07, 6.45) is 4.96. The Morgan fingerprint density at radius 1 is 1.03 bits per heavy atom. The Hall–Kier alpha value is -3.35. The van der Waals surface area contributed by atoms with E-state index in [9.17, 15) is 4.79 Å². The normalized spacial score (nSPS) is 10.6. The molecule has 0 aliphatic rings. The molecule has 0 atom stereocenters. The zero-order valence-electron chi connectivity index (χ0n) is 14.9. The van der Waals surface area contributed by atoms with E-state index in [1.807, 2.05) is 24.4 Å². The minimum absolute atomic E-state index is 0.196. The number of anilines is 1. The van der Waals surface area contributed by atoms with Gasteiger partial charge >= 0.3 is 0 Å². The molecule has 1 amide bonds. The van der Waals surface area contributed by atoms with E-state index in [1.165, 1.54) is 12.3 Å². The van der Waals surface area contributed by atoms with Gasteiger partial charge in [0.25, 0.3) is 5.91 Å². The summed E-state index contributed by atoms with van der Waals surface area (Å²) in [5.41, 5.74) is 1.85. The molecule has 0 aliphatic carbocycles. The van der Waals surface area contributed by atoms with Gasteiger partial charge in [-0.2, -0.15) is 5.10 Å². The van der Waals surface area contributed by atoms with Crippen LogP contribution in [0.5, 0.6) is 11.6 Å². The van der Waals surface area contributed by atoms with E-state index in [-0.39, 0.29) is 16.8 Å². The second kappa shape index (κ2) is 8.34. The lowest BCUT2D eigenvalue weighted by molar-refractivity contribution is 0.102. The standard InChI is InChI=1S/C21H14Cl2N4O2/c22-15-12-17(23)21(24-13-15)29-19-5-2-1-4-18(19)26-20(28)14-6-8-16(9-7-14)27-11-3-10-25-27/h1-13H,(H,26,28). The van der Waals surface area contributed by atoms with Crippen LogP contribution in [0.25, 0.3) is 5.69 Å². The summed E-state index contributed by atoms with van der Waals surface area (Å²) in [6, 6.07) is 17.5. The number of amides is 1. The van der Waals surface area contributed by atoms with Crippen molar-refractivity contribution in [1.29, 1.82) is 0 Å². The fourth-order valence-electron chi connectivity index (χ4n) is 2.62. The molecule has 0 bridgehead atoms. The molecule has 6 nitrogen and oxygen atoms in total. The van der Waals surface area contributed by atoms with Crippen LogP contribution in [-0.2, 0) is 0 Å². The lowest BCUT2D eigenvalue weighted by atomic mass is 10.2. The van der Waals surface area contributed by atoms with Crippen LogP contribution in [0.1, 0.15) is 10.4 Å². The number of hydrogen-bond donors (Lipinski definition) is 1. The van der Waals surface area contributed by atoms with Crippen molar-refractivity contribution >= 4 is 34.8 Å². The molecule has 8 heteroatoms. The predicted molar refractivity (Wildman–Crippen MR) is 112 cm³/mol. The first kappa shape index (κ1) is 19.0. The van der Waals surface area contributed by atoms with Gasteiger partial charge in [-0.25, -0.2) is 9.67 Å². The van der Waals surface area contributed by atoms with Gasteiger partial charge in [-0.15, -0.1) is 0 Å². The molecule has 0 unspecified atom stereocenters. The molecule has 0 spiro atoms. The highest BCUT2D eigenvalue weighted by Gasteiger charge is 2.13. The van der Waals surface area contributed by atoms with E-state index in [4.69, 9.17) is 27.9 Å². The van der Waals surface area contributed by atoms with E-state index >= 15 is 0 Å². The van der Waals surface area contributed by atoms with Gasteiger partial charge in [0.2, 0.25) is 5.88 Å². The maximum atomic E-state index is 12.7. The number of carbonyl (C=O) groups excluding carboxylic acids is 1. The van der Waals surface area contributed by atoms with Gasteiger partial charge in [0.1, 0.15) is 5.02 Å². The number of rotatable bonds is 5. The third-order valence-electron chi connectivity index (χ3n) is 4.01. The summed E-state index contributed by atoms with van der Waals surface area (Å²) in [5, 5.41) is 7.69. The fraction of sp³-hybridized carbons (Fsp3) is 0. The molecule has 4 aromatic rings. The van der Waals surface area contributed by atoms with E-state index in [1.54, 1.807) is 47.3 Å². The number of nitrogens with one attached hydrogen (secondary N) is 1. The number of hydrogen-bond acceptors (Lipinski definition) is 4. The van der Waals surface area contributed by atoms with Crippen molar-refractivity contribution in [3.8, 4) is 17.3 Å². The minimum Gasteiger partial charge on any atom is -0.435 e. The highest BCUT2D eigenvalue weighted by atomic mass is 35.5. The highest BCUT2D eigenvalue weighted by molar-refractivity contribution is 6.35. The molecule has 4 rings (SSSR count). The van der Waals surface area contributed by atoms with Crippen molar-refractivity contribution in [2.45, 2.75) is 0 Å². The number of para-hydroxylation sites is 2. The molecule has 1 N–H and O–H groups in total. The first-order valence-corrected chi connectivity index (χ1v) is 9.35. The Morgan fingerprint density at radius 3 is 2.55 bits per heavy atom. The summed E-state index contributed by atoms with van der Waals surface area (Å²) in [5.74, 6) is 0.329. The SMILES string of the molecule is O=C(Nc1ccccc1Oc1ncc(Cl)cc1Cl)c1ccc(-n2cccn2)cc1. The number of carbonyl (C=O) groups is 1. The lowest BCUT2D eigenvalue weighted by Gasteiger charge is -2.12. The molecule has 144 valence electrons.